The first-order valence-corrected chi connectivity index (χ1v) is 7.13. The van der Waals surface area contributed by atoms with Gasteiger partial charge in [0.15, 0.2) is 0 Å². The first-order valence-electron chi connectivity index (χ1n) is 7.13. The second-order valence-corrected chi connectivity index (χ2v) is 5.31. The third-order valence-corrected chi connectivity index (χ3v) is 3.94. The molecule has 0 aliphatic heterocycles. The lowest BCUT2D eigenvalue weighted by molar-refractivity contribution is -0.145. The normalized spacial score (nSPS) is 16.9. The molecule has 0 saturated carbocycles. The highest BCUT2D eigenvalue weighted by atomic mass is 16.5. The first kappa shape index (κ1) is 13.6. The van der Waals surface area contributed by atoms with Gasteiger partial charge in [-0.3, -0.25) is 9.78 Å². The predicted molar refractivity (Wildman–Crippen MR) is 81.5 cm³/mol. The third kappa shape index (κ3) is 3.05. The van der Waals surface area contributed by atoms with Gasteiger partial charge in [-0.25, -0.2) is 0 Å². The lowest BCUT2D eigenvalue weighted by atomic mass is 9.83. The fourth-order valence-electron chi connectivity index (χ4n) is 2.80. The van der Waals surface area contributed by atoms with E-state index in [1.807, 2.05) is 12.1 Å². The molecule has 4 heteroatoms. The van der Waals surface area contributed by atoms with E-state index in [0.29, 0.717) is 0 Å². The van der Waals surface area contributed by atoms with E-state index >= 15 is 0 Å². The number of nitrogens with one attached hydrogen (secondary N) is 1. The molecule has 1 unspecified atom stereocenters. The number of carbonyl (C=O) groups is 1. The molecule has 1 aliphatic rings. The van der Waals surface area contributed by atoms with Gasteiger partial charge in [-0.2, -0.15) is 0 Å². The molecule has 1 aromatic carbocycles. The molecule has 4 nitrogen and oxygen atoms in total. The van der Waals surface area contributed by atoms with E-state index in [4.69, 9.17) is 4.74 Å². The Bertz CT molecular complexity index is 640. The van der Waals surface area contributed by atoms with Gasteiger partial charge in [0.1, 0.15) is 0 Å². The topological polar surface area (TPSA) is 51.2 Å². The highest BCUT2D eigenvalue weighted by Gasteiger charge is 2.25. The molecule has 0 spiro atoms. The summed E-state index contributed by atoms with van der Waals surface area (Å²) in [6.45, 7) is 0. The van der Waals surface area contributed by atoms with Crippen LogP contribution in [0.1, 0.15) is 17.5 Å². The van der Waals surface area contributed by atoms with Crippen LogP contribution in [0, 0.1) is 5.92 Å². The molecule has 3 rings (SSSR count). The van der Waals surface area contributed by atoms with Crippen LogP contribution in [0.5, 0.6) is 0 Å². The maximum Gasteiger partial charge on any atom is 0.309 e. The van der Waals surface area contributed by atoms with Crippen molar-refractivity contribution >= 4 is 17.3 Å². The average molecular weight is 282 g/mol. The van der Waals surface area contributed by atoms with E-state index < -0.39 is 0 Å². The molecule has 0 radical (unpaired) electrons. The molecule has 0 bridgehead atoms. The number of nitrogens with zero attached hydrogens (tertiary/aromatic N) is 1. The minimum Gasteiger partial charge on any atom is -0.469 e. The highest BCUT2D eigenvalue weighted by molar-refractivity contribution is 5.73. The lowest BCUT2D eigenvalue weighted by Crippen LogP contribution is -2.23. The summed E-state index contributed by atoms with van der Waals surface area (Å²) in [4.78, 5) is 15.7. The van der Waals surface area contributed by atoms with E-state index in [1.165, 1.54) is 18.2 Å². The van der Waals surface area contributed by atoms with E-state index in [1.54, 1.807) is 12.4 Å². The molecular weight excluding hydrogens is 264 g/mol. The largest absolute Gasteiger partial charge is 0.469 e. The van der Waals surface area contributed by atoms with E-state index in [9.17, 15) is 4.79 Å². The van der Waals surface area contributed by atoms with Gasteiger partial charge in [-0.05, 0) is 54.7 Å². The number of rotatable bonds is 3. The van der Waals surface area contributed by atoms with Gasteiger partial charge in [-0.1, -0.05) is 6.07 Å². The van der Waals surface area contributed by atoms with Crippen molar-refractivity contribution in [1.82, 2.24) is 4.98 Å². The number of carbonyl (C=O) groups excluding carboxylic acids is 1. The molecule has 2 aromatic rings. The smallest absolute Gasteiger partial charge is 0.309 e. The van der Waals surface area contributed by atoms with Crippen molar-refractivity contribution in [3.05, 3.63) is 53.9 Å². The first-order chi connectivity index (χ1) is 10.3. The Labute approximate surface area is 124 Å². The molecule has 1 aliphatic carbocycles. The van der Waals surface area contributed by atoms with Crippen molar-refractivity contribution in [2.75, 3.05) is 12.4 Å². The van der Waals surface area contributed by atoms with Crippen molar-refractivity contribution in [2.45, 2.75) is 19.3 Å². The number of aryl methyl sites for hydroxylation is 1. The Morgan fingerprint density at radius 2 is 2.00 bits per heavy atom. The molecule has 0 amide bonds. The van der Waals surface area contributed by atoms with Gasteiger partial charge in [-0.15, -0.1) is 0 Å². The van der Waals surface area contributed by atoms with Crippen LogP contribution in [0.15, 0.2) is 42.7 Å². The van der Waals surface area contributed by atoms with Crippen molar-refractivity contribution < 1.29 is 9.53 Å². The number of hydrogen-bond donors (Lipinski definition) is 1. The molecule has 108 valence electrons. The summed E-state index contributed by atoms with van der Waals surface area (Å²) in [5, 5.41) is 3.36. The fourth-order valence-corrected chi connectivity index (χ4v) is 2.80. The fraction of sp³-hybridized carbons (Fsp3) is 0.294. The Morgan fingerprint density at radius 3 is 2.76 bits per heavy atom. The highest BCUT2D eigenvalue weighted by Crippen LogP contribution is 2.29. The summed E-state index contributed by atoms with van der Waals surface area (Å²) in [5.74, 6) is -0.119. The zero-order valence-electron chi connectivity index (χ0n) is 12.0. The average Bonchev–Trinajstić information content (AvgIpc) is 2.54. The number of methoxy groups -OCH3 is 1. The summed E-state index contributed by atoms with van der Waals surface area (Å²) >= 11 is 0. The summed E-state index contributed by atoms with van der Waals surface area (Å²) in [7, 11) is 1.46. The van der Waals surface area contributed by atoms with E-state index in [2.05, 4.69) is 28.5 Å². The van der Waals surface area contributed by atoms with Crippen LogP contribution in [0.4, 0.5) is 11.4 Å². The maximum absolute atomic E-state index is 11.7. The number of benzene rings is 1. The number of anilines is 2. The van der Waals surface area contributed by atoms with Crippen molar-refractivity contribution in [2.24, 2.45) is 5.92 Å². The number of pyridine rings is 1. The molecular formula is C17H18N2O2. The van der Waals surface area contributed by atoms with Gasteiger partial charge >= 0.3 is 5.97 Å². The van der Waals surface area contributed by atoms with Crippen LogP contribution < -0.4 is 5.32 Å². The summed E-state index contributed by atoms with van der Waals surface area (Å²) in [5.41, 5.74) is 4.60. The van der Waals surface area contributed by atoms with Gasteiger partial charge in [0.05, 0.1) is 13.0 Å². The van der Waals surface area contributed by atoms with Crippen LogP contribution in [-0.2, 0) is 22.4 Å². The van der Waals surface area contributed by atoms with Crippen LogP contribution in [-0.4, -0.2) is 18.1 Å². The standard InChI is InChI=1S/C17H18N2O2/c1-21-17(20)13-3-2-12-4-5-16(11-14(12)10-13)19-15-6-8-18-9-7-15/h4-9,11,13H,2-3,10H2,1H3,(H,18,19). The zero-order valence-corrected chi connectivity index (χ0v) is 12.0. The lowest BCUT2D eigenvalue weighted by Gasteiger charge is -2.23. The van der Waals surface area contributed by atoms with Crippen molar-refractivity contribution in [3.8, 4) is 0 Å². The Hall–Kier alpha value is -2.36. The number of esters is 1. The minimum absolute atomic E-state index is 0.0151. The van der Waals surface area contributed by atoms with Gasteiger partial charge in [0.2, 0.25) is 0 Å². The van der Waals surface area contributed by atoms with E-state index in [-0.39, 0.29) is 11.9 Å². The van der Waals surface area contributed by atoms with Gasteiger partial charge in [0.25, 0.3) is 0 Å². The zero-order chi connectivity index (χ0) is 14.7. The summed E-state index contributed by atoms with van der Waals surface area (Å²) in [6, 6.07) is 10.2. The second-order valence-electron chi connectivity index (χ2n) is 5.31. The Kier molecular flexibility index (Phi) is 3.86. The van der Waals surface area contributed by atoms with Crippen LogP contribution in [0.25, 0.3) is 0 Å². The third-order valence-electron chi connectivity index (χ3n) is 3.94. The second kappa shape index (κ2) is 5.95. The predicted octanol–water partition coefficient (Wildman–Crippen LogP) is 3.10. The molecule has 21 heavy (non-hydrogen) atoms. The molecule has 1 N–H and O–H groups in total. The number of aromatic nitrogens is 1. The number of fused-ring (bicyclic) bond motifs is 1. The Balaban J connectivity index is 1.79. The van der Waals surface area contributed by atoms with Gasteiger partial charge < -0.3 is 10.1 Å². The van der Waals surface area contributed by atoms with Gasteiger partial charge in [0, 0.05) is 23.8 Å². The Morgan fingerprint density at radius 1 is 1.19 bits per heavy atom. The monoisotopic (exact) mass is 282 g/mol. The van der Waals surface area contributed by atoms with Crippen molar-refractivity contribution in [3.63, 3.8) is 0 Å². The SMILES string of the molecule is COC(=O)C1CCc2ccc(Nc3ccncc3)cc2C1. The molecule has 1 atom stereocenters. The molecule has 1 heterocycles. The minimum atomic E-state index is -0.104. The van der Waals surface area contributed by atoms with Crippen LogP contribution >= 0.6 is 0 Å². The molecule has 0 fully saturated rings. The van der Waals surface area contributed by atoms with Crippen molar-refractivity contribution in [1.29, 1.82) is 0 Å². The molecule has 1 aromatic heterocycles. The summed E-state index contributed by atoms with van der Waals surface area (Å²) < 4.78 is 4.87. The number of hydrogen-bond acceptors (Lipinski definition) is 4. The van der Waals surface area contributed by atoms with E-state index in [0.717, 1.165) is 30.6 Å². The van der Waals surface area contributed by atoms with Crippen LogP contribution in [0.2, 0.25) is 0 Å². The number of ether oxygens (including phenoxy) is 1. The van der Waals surface area contributed by atoms with Crippen LogP contribution in [0.3, 0.4) is 0 Å². The summed E-state index contributed by atoms with van der Waals surface area (Å²) in [6.07, 6.45) is 6.08. The maximum atomic E-state index is 11.7. The molecule has 0 saturated heterocycles. The quantitative estimate of drug-likeness (QED) is 0.879.